The van der Waals surface area contributed by atoms with Gasteiger partial charge < -0.3 is 10.5 Å². The minimum atomic E-state index is -0.368. The van der Waals surface area contributed by atoms with E-state index in [0.29, 0.717) is 17.5 Å². The van der Waals surface area contributed by atoms with Crippen LogP contribution in [0.3, 0.4) is 0 Å². The van der Waals surface area contributed by atoms with Gasteiger partial charge in [-0.25, -0.2) is 4.39 Å². The van der Waals surface area contributed by atoms with E-state index in [2.05, 4.69) is 11.6 Å². The van der Waals surface area contributed by atoms with E-state index in [1.807, 2.05) is 0 Å². The normalized spacial score (nSPS) is 11.3. The molecule has 0 spiro atoms. The summed E-state index contributed by atoms with van der Waals surface area (Å²) in [5.74, 6) is 0.451. The first-order chi connectivity index (χ1) is 8.17. The van der Waals surface area contributed by atoms with Crippen molar-refractivity contribution in [2.24, 2.45) is 10.7 Å². The molecule has 1 rings (SSSR count). The molecule has 92 valence electrons. The predicted octanol–water partition coefficient (Wildman–Crippen LogP) is 2.57. The number of hydrogen-bond acceptors (Lipinski definition) is 3. The zero-order chi connectivity index (χ0) is 12.7. The van der Waals surface area contributed by atoms with Crippen LogP contribution in [-0.2, 0) is 5.75 Å². The van der Waals surface area contributed by atoms with E-state index in [0.717, 1.165) is 5.56 Å². The van der Waals surface area contributed by atoms with E-state index in [4.69, 9.17) is 10.5 Å². The summed E-state index contributed by atoms with van der Waals surface area (Å²) in [6.45, 7) is 4.04. The molecule has 1 aromatic rings. The molecule has 0 aliphatic rings. The summed E-state index contributed by atoms with van der Waals surface area (Å²) in [4.78, 5) is 4.03. The fraction of sp³-hybridized carbons (Fsp3) is 0.250. The molecule has 0 unspecified atom stereocenters. The molecular formula is C12H15FN2OS. The Hall–Kier alpha value is -1.49. The van der Waals surface area contributed by atoms with Crippen LogP contribution in [0.5, 0.6) is 5.75 Å². The molecule has 0 saturated carbocycles. The maximum absolute atomic E-state index is 13.4. The Labute approximate surface area is 105 Å². The Bertz CT molecular complexity index is 421. The number of benzene rings is 1. The van der Waals surface area contributed by atoms with Gasteiger partial charge in [-0.05, 0) is 17.7 Å². The Morgan fingerprint density at radius 3 is 3.00 bits per heavy atom. The van der Waals surface area contributed by atoms with Crippen molar-refractivity contribution in [2.45, 2.75) is 5.75 Å². The summed E-state index contributed by atoms with van der Waals surface area (Å²) in [6, 6.07) is 4.84. The summed E-state index contributed by atoms with van der Waals surface area (Å²) in [5.41, 5.74) is 6.49. The van der Waals surface area contributed by atoms with Gasteiger partial charge in [0.05, 0.1) is 13.7 Å². The molecule has 0 aliphatic carbocycles. The van der Waals surface area contributed by atoms with Crippen LogP contribution in [0.25, 0.3) is 0 Å². The van der Waals surface area contributed by atoms with Crippen LogP contribution >= 0.6 is 11.8 Å². The van der Waals surface area contributed by atoms with E-state index in [1.54, 1.807) is 18.2 Å². The first-order valence-electron chi connectivity index (χ1n) is 5.03. The monoisotopic (exact) mass is 254 g/mol. The number of nitrogens with two attached hydrogens (primary N) is 1. The van der Waals surface area contributed by atoms with Crippen LogP contribution in [0.4, 0.5) is 4.39 Å². The largest absolute Gasteiger partial charge is 0.494 e. The number of aliphatic imine (C=N–C) groups is 1. The van der Waals surface area contributed by atoms with Crippen LogP contribution in [0.15, 0.2) is 35.8 Å². The number of amidine groups is 1. The van der Waals surface area contributed by atoms with Crippen molar-refractivity contribution < 1.29 is 9.13 Å². The third-order valence-corrected chi connectivity index (χ3v) is 2.88. The molecule has 1 aromatic carbocycles. The van der Waals surface area contributed by atoms with Crippen LogP contribution in [0.1, 0.15) is 5.56 Å². The average Bonchev–Trinajstić information content (AvgIpc) is 2.34. The fourth-order valence-corrected chi connectivity index (χ4v) is 1.82. The smallest absolute Gasteiger partial charge is 0.165 e. The van der Waals surface area contributed by atoms with Crippen molar-refractivity contribution in [2.75, 3.05) is 13.7 Å². The lowest BCUT2D eigenvalue weighted by Crippen LogP contribution is -2.07. The summed E-state index contributed by atoms with van der Waals surface area (Å²) in [7, 11) is 1.44. The molecule has 0 amide bonds. The number of ether oxygens (including phenoxy) is 1. The lowest BCUT2D eigenvalue weighted by molar-refractivity contribution is 0.386. The molecule has 0 aromatic heterocycles. The van der Waals surface area contributed by atoms with Crippen molar-refractivity contribution in [3.63, 3.8) is 0 Å². The maximum Gasteiger partial charge on any atom is 0.165 e. The zero-order valence-electron chi connectivity index (χ0n) is 9.65. The molecule has 0 bridgehead atoms. The molecule has 0 heterocycles. The van der Waals surface area contributed by atoms with Gasteiger partial charge in [0.1, 0.15) is 0 Å². The highest BCUT2D eigenvalue weighted by Crippen LogP contribution is 2.20. The van der Waals surface area contributed by atoms with Crippen molar-refractivity contribution in [3.8, 4) is 5.75 Å². The van der Waals surface area contributed by atoms with Gasteiger partial charge >= 0.3 is 0 Å². The molecule has 17 heavy (non-hydrogen) atoms. The van der Waals surface area contributed by atoms with Gasteiger partial charge in [-0.2, -0.15) is 0 Å². The van der Waals surface area contributed by atoms with E-state index >= 15 is 0 Å². The molecule has 0 radical (unpaired) electrons. The molecule has 0 atom stereocenters. The second kappa shape index (κ2) is 6.96. The average molecular weight is 254 g/mol. The van der Waals surface area contributed by atoms with Crippen molar-refractivity contribution >= 4 is 16.9 Å². The van der Waals surface area contributed by atoms with E-state index in [-0.39, 0.29) is 11.6 Å². The number of rotatable bonds is 5. The van der Waals surface area contributed by atoms with Gasteiger partial charge in [0.2, 0.25) is 0 Å². The van der Waals surface area contributed by atoms with Gasteiger partial charge in [0.15, 0.2) is 16.7 Å². The van der Waals surface area contributed by atoms with Gasteiger partial charge in [0, 0.05) is 5.75 Å². The maximum atomic E-state index is 13.4. The second-order valence-electron chi connectivity index (χ2n) is 3.23. The first-order valence-corrected chi connectivity index (χ1v) is 6.02. The number of halogens is 1. The lowest BCUT2D eigenvalue weighted by Gasteiger charge is -2.04. The summed E-state index contributed by atoms with van der Waals surface area (Å²) in [6.07, 6.45) is 1.67. The standard InChI is InChI=1S/C12H15FN2OS/c1-3-6-15-12(14)17-8-9-4-5-11(16-2)10(13)7-9/h3-5,7H,1,6,8H2,2H3,(H2,14,15). The third kappa shape index (κ3) is 4.48. The third-order valence-electron chi connectivity index (χ3n) is 1.98. The number of methoxy groups -OCH3 is 1. The van der Waals surface area contributed by atoms with Crippen LogP contribution in [-0.4, -0.2) is 18.8 Å². The highest BCUT2D eigenvalue weighted by atomic mass is 32.2. The van der Waals surface area contributed by atoms with Crippen molar-refractivity contribution in [1.82, 2.24) is 0 Å². The molecule has 2 N–H and O–H groups in total. The highest BCUT2D eigenvalue weighted by molar-refractivity contribution is 8.13. The van der Waals surface area contributed by atoms with Crippen LogP contribution in [0.2, 0.25) is 0 Å². The fourth-order valence-electron chi connectivity index (χ4n) is 1.16. The van der Waals surface area contributed by atoms with Crippen LogP contribution < -0.4 is 10.5 Å². The Morgan fingerprint density at radius 1 is 1.65 bits per heavy atom. The van der Waals surface area contributed by atoms with Gasteiger partial charge in [-0.15, -0.1) is 6.58 Å². The summed E-state index contributed by atoms with van der Waals surface area (Å²) < 4.78 is 18.2. The quantitative estimate of drug-likeness (QED) is 0.499. The second-order valence-corrected chi connectivity index (χ2v) is 4.22. The lowest BCUT2D eigenvalue weighted by atomic mass is 10.2. The van der Waals surface area contributed by atoms with Gasteiger partial charge in [0.25, 0.3) is 0 Å². The Kier molecular flexibility index (Phi) is 5.56. The molecular weight excluding hydrogens is 239 g/mol. The minimum Gasteiger partial charge on any atom is -0.494 e. The van der Waals surface area contributed by atoms with Crippen LogP contribution in [0, 0.1) is 5.82 Å². The van der Waals surface area contributed by atoms with Crippen molar-refractivity contribution in [3.05, 3.63) is 42.2 Å². The molecule has 0 aliphatic heterocycles. The Balaban J connectivity index is 2.58. The SMILES string of the molecule is C=CCN=C(N)SCc1ccc(OC)c(F)c1. The van der Waals surface area contributed by atoms with E-state index in [1.165, 1.54) is 24.9 Å². The highest BCUT2D eigenvalue weighted by Gasteiger charge is 2.04. The molecule has 0 fully saturated rings. The minimum absolute atomic E-state index is 0.243. The number of nitrogens with zero attached hydrogens (tertiary/aromatic N) is 1. The van der Waals surface area contributed by atoms with Crippen molar-refractivity contribution in [1.29, 1.82) is 0 Å². The molecule has 5 heteroatoms. The summed E-state index contributed by atoms with van der Waals surface area (Å²) in [5, 5.41) is 0.473. The Morgan fingerprint density at radius 2 is 2.41 bits per heavy atom. The number of hydrogen-bond donors (Lipinski definition) is 1. The van der Waals surface area contributed by atoms with E-state index in [9.17, 15) is 4.39 Å². The molecule has 0 saturated heterocycles. The van der Waals surface area contributed by atoms with Gasteiger partial charge in [-0.3, -0.25) is 4.99 Å². The number of thioether (sulfide) groups is 1. The molecule has 3 nitrogen and oxygen atoms in total. The van der Waals surface area contributed by atoms with Gasteiger partial charge in [-0.1, -0.05) is 23.9 Å². The first kappa shape index (κ1) is 13.6. The topological polar surface area (TPSA) is 47.6 Å². The predicted molar refractivity (Wildman–Crippen MR) is 70.9 cm³/mol. The van der Waals surface area contributed by atoms with E-state index < -0.39 is 0 Å². The zero-order valence-corrected chi connectivity index (χ0v) is 10.5. The summed E-state index contributed by atoms with van der Waals surface area (Å²) >= 11 is 1.36.